The molecule has 1 aromatic carbocycles. The summed E-state index contributed by atoms with van der Waals surface area (Å²) in [5, 5.41) is 19.9. The largest absolute Gasteiger partial charge is 0.481 e. The average Bonchev–Trinajstić information content (AvgIpc) is 3.50. The van der Waals surface area contributed by atoms with Crippen LogP contribution in [0.15, 0.2) is 41.0 Å². The Balaban J connectivity index is 1.49. The van der Waals surface area contributed by atoms with Crippen LogP contribution in [0, 0.1) is 29.4 Å². The lowest BCUT2D eigenvalue weighted by Crippen LogP contribution is -2.32. The highest BCUT2D eigenvalue weighted by Crippen LogP contribution is 2.34. The van der Waals surface area contributed by atoms with Gasteiger partial charge < -0.3 is 14.8 Å². The van der Waals surface area contributed by atoms with Gasteiger partial charge in [-0.15, -0.1) is 0 Å². The molecule has 0 bridgehead atoms. The molecular formula is C25H25F2N5O3. The maximum atomic E-state index is 14.2. The summed E-state index contributed by atoms with van der Waals surface area (Å²) in [6, 6.07) is 7.03. The average molecular weight is 482 g/mol. The molecule has 35 heavy (non-hydrogen) atoms. The second-order valence-corrected chi connectivity index (χ2v) is 9.17. The van der Waals surface area contributed by atoms with Crippen LogP contribution in [0.3, 0.4) is 0 Å². The number of aliphatic carboxylic acids is 1. The Morgan fingerprint density at radius 2 is 2.03 bits per heavy atom. The third-order valence-electron chi connectivity index (χ3n) is 6.75. The van der Waals surface area contributed by atoms with Gasteiger partial charge in [0.1, 0.15) is 28.5 Å². The van der Waals surface area contributed by atoms with Crippen molar-refractivity contribution in [1.82, 2.24) is 20.2 Å². The molecule has 3 N–H and O–H groups in total. The first-order valence-electron chi connectivity index (χ1n) is 11.6. The number of halogens is 2. The van der Waals surface area contributed by atoms with E-state index in [4.69, 9.17) is 4.42 Å². The number of carboxylic acid groups (broad SMARTS) is 1. The van der Waals surface area contributed by atoms with Crippen LogP contribution in [0.25, 0.3) is 33.9 Å². The first kappa shape index (κ1) is 22.9. The molecule has 0 saturated heterocycles. The first-order valence-corrected chi connectivity index (χ1v) is 11.6. The van der Waals surface area contributed by atoms with Crippen molar-refractivity contribution in [1.29, 1.82) is 0 Å². The third kappa shape index (κ3) is 4.73. The van der Waals surface area contributed by atoms with Gasteiger partial charge in [0.2, 0.25) is 0 Å². The number of carbonyl (C=O) groups is 1. The zero-order chi connectivity index (χ0) is 24.5. The highest BCUT2D eigenvalue weighted by molar-refractivity contribution is 5.92. The van der Waals surface area contributed by atoms with Crippen LogP contribution in [0.4, 0.5) is 14.6 Å². The summed E-state index contributed by atoms with van der Waals surface area (Å²) in [5.74, 6) is -1.28. The van der Waals surface area contributed by atoms with E-state index in [2.05, 4.69) is 32.4 Å². The number of carboxylic acids is 1. The van der Waals surface area contributed by atoms with Crippen molar-refractivity contribution < 1.29 is 23.1 Å². The number of aromatic nitrogens is 4. The summed E-state index contributed by atoms with van der Waals surface area (Å²) < 4.78 is 33.6. The van der Waals surface area contributed by atoms with Crippen LogP contribution in [-0.4, -0.2) is 37.8 Å². The molecule has 4 aromatic rings. The standard InChI is InChI=1S/C25H25F2N5O3/c1-13-4-6-14(7-5-13)17(25(33)34)12-28-21-11-19(20-3-2-8-35-20)29-24(30-21)23-16-9-15(26)10-18(27)22(16)31-32-23/h2-3,8-11,13-14,17H,4-7,12H2,1H3,(H,31,32)(H,33,34)(H,28,29,30)/t13?,14?,17-/m1/s1. The lowest BCUT2D eigenvalue weighted by molar-refractivity contribution is -0.143. The molecule has 10 heteroatoms. The minimum atomic E-state index is -0.846. The Morgan fingerprint density at radius 1 is 1.23 bits per heavy atom. The van der Waals surface area contributed by atoms with E-state index in [-0.39, 0.29) is 34.9 Å². The van der Waals surface area contributed by atoms with Crippen molar-refractivity contribution in [3.8, 4) is 23.0 Å². The van der Waals surface area contributed by atoms with E-state index in [1.807, 2.05) is 0 Å². The summed E-state index contributed by atoms with van der Waals surface area (Å²) in [5.41, 5.74) is 0.639. The molecule has 8 nitrogen and oxygen atoms in total. The zero-order valence-corrected chi connectivity index (χ0v) is 19.1. The van der Waals surface area contributed by atoms with E-state index in [0.717, 1.165) is 37.8 Å². The van der Waals surface area contributed by atoms with Gasteiger partial charge in [-0.05, 0) is 42.9 Å². The summed E-state index contributed by atoms with van der Waals surface area (Å²) in [7, 11) is 0. The van der Waals surface area contributed by atoms with E-state index in [1.54, 1.807) is 18.2 Å². The summed E-state index contributed by atoms with van der Waals surface area (Å²) in [6.45, 7) is 2.38. The van der Waals surface area contributed by atoms with E-state index >= 15 is 0 Å². The topological polar surface area (TPSA) is 117 Å². The molecule has 1 fully saturated rings. The summed E-state index contributed by atoms with van der Waals surface area (Å²) >= 11 is 0. The Morgan fingerprint density at radius 3 is 2.74 bits per heavy atom. The molecule has 1 aliphatic rings. The number of hydrogen-bond acceptors (Lipinski definition) is 6. The van der Waals surface area contributed by atoms with E-state index in [9.17, 15) is 18.7 Å². The van der Waals surface area contributed by atoms with Crippen molar-refractivity contribution in [3.05, 3.63) is 48.2 Å². The van der Waals surface area contributed by atoms with E-state index in [1.165, 1.54) is 6.26 Å². The number of aromatic amines is 1. The predicted molar refractivity (Wildman–Crippen MR) is 125 cm³/mol. The highest BCUT2D eigenvalue weighted by atomic mass is 19.1. The SMILES string of the molecule is CC1CCC([C@@H](CNc2cc(-c3ccco3)nc(-c3n[nH]c4c(F)cc(F)cc34)n2)C(=O)O)CC1. The van der Waals surface area contributed by atoms with Crippen LogP contribution in [0.5, 0.6) is 0 Å². The van der Waals surface area contributed by atoms with Crippen LogP contribution in [-0.2, 0) is 4.79 Å². The van der Waals surface area contributed by atoms with Gasteiger partial charge in [-0.1, -0.05) is 19.8 Å². The van der Waals surface area contributed by atoms with Crippen LogP contribution in [0.2, 0.25) is 0 Å². The lowest BCUT2D eigenvalue weighted by Gasteiger charge is -2.30. The van der Waals surface area contributed by atoms with Gasteiger partial charge in [0.05, 0.1) is 12.2 Å². The minimum absolute atomic E-state index is 0.0420. The van der Waals surface area contributed by atoms with Crippen LogP contribution >= 0.6 is 0 Å². The fraction of sp³-hybridized carbons (Fsp3) is 0.360. The molecule has 1 atom stereocenters. The first-order chi connectivity index (χ1) is 16.9. The van der Waals surface area contributed by atoms with Crippen molar-refractivity contribution in [2.45, 2.75) is 32.6 Å². The zero-order valence-electron chi connectivity index (χ0n) is 19.1. The number of anilines is 1. The van der Waals surface area contributed by atoms with Gasteiger partial charge in [-0.2, -0.15) is 5.10 Å². The van der Waals surface area contributed by atoms with Crippen molar-refractivity contribution in [3.63, 3.8) is 0 Å². The third-order valence-corrected chi connectivity index (χ3v) is 6.75. The van der Waals surface area contributed by atoms with Crippen molar-refractivity contribution >= 4 is 22.7 Å². The van der Waals surface area contributed by atoms with E-state index < -0.39 is 23.5 Å². The monoisotopic (exact) mass is 481 g/mol. The number of hydrogen-bond donors (Lipinski definition) is 3. The number of nitrogens with one attached hydrogen (secondary N) is 2. The number of fused-ring (bicyclic) bond motifs is 1. The molecular weight excluding hydrogens is 456 g/mol. The molecule has 1 saturated carbocycles. The molecule has 0 radical (unpaired) electrons. The fourth-order valence-electron chi connectivity index (χ4n) is 4.77. The molecule has 3 heterocycles. The second-order valence-electron chi connectivity index (χ2n) is 9.17. The minimum Gasteiger partial charge on any atom is -0.481 e. The number of nitrogens with zero attached hydrogens (tertiary/aromatic N) is 3. The van der Waals surface area contributed by atoms with Crippen molar-refractivity contribution in [2.75, 3.05) is 11.9 Å². The van der Waals surface area contributed by atoms with Crippen LogP contribution < -0.4 is 5.32 Å². The maximum Gasteiger partial charge on any atom is 0.308 e. The van der Waals surface area contributed by atoms with Gasteiger partial charge in [-0.25, -0.2) is 18.7 Å². The molecule has 0 unspecified atom stereocenters. The Bertz CT molecular complexity index is 1350. The number of furan rings is 1. The number of benzene rings is 1. The number of H-pyrrole nitrogens is 1. The van der Waals surface area contributed by atoms with Gasteiger partial charge in [0, 0.05) is 24.1 Å². The maximum absolute atomic E-state index is 14.2. The fourth-order valence-corrected chi connectivity index (χ4v) is 4.77. The Hall–Kier alpha value is -3.82. The molecule has 182 valence electrons. The predicted octanol–water partition coefficient (Wildman–Crippen LogP) is 5.50. The summed E-state index contributed by atoms with van der Waals surface area (Å²) in [4.78, 5) is 21.0. The molecule has 0 spiro atoms. The number of rotatable bonds is 7. The molecule has 1 aliphatic carbocycles. The smallest absolute Gasteiger partial charge is 0.308 e. The lowest BCUT2D eigenvalue weighted by atomic mass is 9.76. The van der Waals surface area contributed by atoms with Gasteiger partial charge in [0.25, 0.3) is 0 Å². The van der Waals surface area contributed by atoms with E-state index in [0.29, 0.717) is 23.2 Å². The highest BCUT2D eigenvalue weighted by Gasteiger charge is 2.31. The Kier molecular flexibility index (Phi) is 6.19. The van der Waals surface area contributed by atoms with Gasteiger partial charge >= 0.3 is 5.97 Å². The van der Waals surface area contributed by atoms with Crippen molar-refractivity contribution in [2.24, 2.45) is 17.8 Å². The quantitative estimate of drug-likeness (QED) is 0.319. The van der Waals surface area contributed by atoms with Crippen LogP contribution in [0.1, 0.15) is 32.6 Å². The Labute approximate surface area is 199 Å². The summed E-state index contributed by atoms with van der Waals surface area (Å²) in [6.07, 6.45) is 5.30. The second kappa shape index (κ2) is 9.44. The van der Waals surface area contributed by atoms with Gasteiger partial charge in [-0.3, -0.25) is 9.89 Å². The molecule has 0 aliphatic heterocycles. The molecule has 5 rings (SSSR count). The molecule has 0 amide bonds. The normalized spacial score (nSPS) is 19.1. The van der Waals surface area contributed by atoms with Gasteiger partial charge in [0.15, 0.2) is 17.4 Å². The molecule has 3 aromatic heterocycles.